The molecule has 0 unspecified atom stereocenters. The van der Waals surface area contributed by atoms with E-state index in [0.717, 1.165) is 0 Å². The van der Waals surface area contributed by atoms with Crippen molar-refractivity contribution in [3.05, 3.63) is 35.0 Å². The van der Waals surface area contributed by atoms with Gasteiger partial charge in [0.2, 0.25) is 0 Å². The SMILES string of the molecule is CCOc1ccc(NC(C#N)=C(C#N)C#N)cc1C#N. The number of ether oxygens (including phenoxy) is 1. The number of hydrogen-bond donors (Lipinski definition) is 1. The summed E-state index contributed by atoms with van der Waals surface area (Å²) in [6.45, 7) is 2.23. The van der Waals surface area contributed by atoms with Crippen molar-refractivity contribution in [3.63, 3.8) is 0 Å². The summed E-state index contributed by atoms with van der Waals surface area (Å²) in [5.41, 5.74) is 0.233. The van der Waals surface area contributed by atoms with Crippen LogP contribution in [0.25, 0.3) is 0 Å². The lowest BCUT2D eigenvalue weighted by Crippen LogP contribution is -2.02. The van der Waals surface area contributed by atoms with E-state index in [9.17, 15) is 0 Å². The van der Waals surface area contributed by atoms with Gasteiger partial charge in [-0.2, -0.15) is 21.0 Å². The van der Waals surface area contributed by atoms with Crippen LogP contribution in [-0.2, 0) is 0 Å². The lowest BCUT2D eigenvalue weighted by molar-refractivity contribution is 0.339. The van der Waals surface area contributed by atoms with Gasteiger partial charge in [-0.15, -0.1) is 0 Å². The normalized spacial score (nSPS) is 8.25. The van der Waals surface area contributed by atoms with Crippen LogP contribution >= 0.6 is 0 Å². The summed E-state index contributed by atoms with van der Waals surface area (Å²) in [5, 5.41) is 38.0. The van der Waals surface area contributed by atoms with E-state index in [1.807, 2.05) is 6.07 Å². The van der Waals surface area contributed by atoms with Crippen molar-refractivity contribution in [1.29, 1.82) is 21.0 Å². The van der Waals surface area contributed by atoms with Crippen molar-refractivity contribution in [2.24, 2.45) is 0 Å². The molecule has 0 fully saturated rings. The maximum atomic E-state index is 9.02. The third-order valence-corrected chi connectivity index (χ3v) is 2.25. The predicted molar refractivity (Wildman–Crippen MR) is 69.8 cm³/mol. The van der Waals surface area contributed by atoms with E-state index in [1.54, 1.807) is 37.3 Å². The number of anilines is 1. The first-order valence-electron chi connectivity index (χ1n) is 5.58. The first-order chi connectivity index (χ1) is 9.69. The van der Waals surface area contributed by atoms with Gasteiger partial charge in [0.25, 0.3) is 0 Å². The summed E-state index contributed by atoms with van der Waals surface area (Å²) < 4.78 is 5.27. The molecule has 96 valence electrons. The molecule has 6 heteroatoms. The maximum absolute atomic E-state index is 9.02. The quantitative estimate of drug-likeness (QED) is 0.832. The molecule has 0 radical (unpaired) electrons. The monoisotopic (exact) mass is 263 g/mol. The number of nitrogens with zero attached hydrogens (tertiary/aromatic N) is 4. The molecule has 20 heavy (non-hydrogen) atoms. The van der Waals surface area contributed by atoms with Gasteiger partial charge in [-0.25, -0.2) is 0 Å². The van der Waals surface area contributed by atoms with Gasteiger partial charge in [0.15, 0.2) is 5.57 Å². The Labute approximate surface area is 116 Å². The van der Waals surface area contributed by atoms with Gasteiger partial charge < -0.3 is 10.1 Å². The summed E-state index contributed by atoms with van der Waals surface area (Å²) in [6.07, 6.45) is 0. The fraction of sp³-hybridized carbons (Fsp3) is 0.143. The number of benzene rings is 1. The van der Waals surface area contributed by atoms with Crippen molar-refractivity contribution < 1.29 is 4.74 Å². The van der Waals surface area contributed by atoms with E-state index < -0.39 is 0 Å². The molecule has 0 aliphatic rings. The van der Waals surface area contributed by atoms with Crippen LogP contribution in [0, 0.1) is 45.3 Å². The topological polar surface area (TPSA) is 116 Å². The molecular formula is C14H9N5O. The van der Waals surface area contributed by atoms with Crippen molar-refractivity contribution in [3.8, 4) is 30.0 Å². The third kappa shape index (κ3) is 3.26. The van der Waals surface area contributed by atoms with E-state index in [0.29, 0.717) is 23.6 Å². The van der Waals surface area contributed by atoms with Crippen LogP contribution in [0.2, 0.25) is 0 Å². The van der Waals surface area contributed by atoms with Crippen LogP contribution in [0.4, 0.5) is 5.69 Å². The number of rotatable bonds is 4. The molecule has 0 atom stereocenters. The third-order valence-electron chi connectivity index (χ3n) is 2.25. The first kappa shape index (κ1) is 14.6. The Bertz CT molecular complexity index is 691. The van der Waals surface area contributed by atoms with Crippen molar-refractivity contribution >= 4 is 5.69 Å². The molecule has 0 spiro atoms. The van der Waals surface area contributed by atoms with E-state index >= 15 is 0 Å². The molecule has 0 bridgehead atoms. The molecule has 1 rings (SSSR count). The molecule has 1 N–H and O–H groups in total. The Balaban J connectivity index is 3.16. The van der Waals surface area contributed by atoms with Crippen molar-refractivity contribution in [2.75, 3.05) is 11.9 Å². The fourth-order valence-corrected chi connectivity index (χ4v) is 1.40. The van der Waals surface area contributed by atoms with Crippen molar-refractivity contribution in [2.45, 2.75) is 6.92 Å². The standard InChI is InChI=1S/C14H9N5O/c1-2-20-14-4-3-12(5-10(14)6-15)19-13(9-18)11(7-16)8-17/h3-5,19H,2H2,1H3. The highest BCUT2D eigenvalue weighted by Crippen LogP contribution is 2.23. The molecule has 0 amide bonds. The molecule has 1 aromatic rings. The molecule has 0 aliphatic carbocycles. The van der Waals surface area contributed by atoms with E-state index in [1.165, 1.54) is 6.07 Å². The minimum absolute atomic E-state index is 0.164. The minimum atomic E-state index is -0.320. The number of nitriles is 4. The van der Waals surface area contributed by atoms with Gasteiger partial charge in [0.05, 0.1) is 12.2 Å². The molecule has 0 aromatic heterocycles. The van der Waals surface area contributed by atoms with E-state index in [2.05, 4.69) is 5.32 Å². The number of allylic oxidation sites excluding steroid dienone is 2. The average molecular weight is 263 g/mol. The van der Waals surface area contributed by atoms with Gasteiger partial charge >= 0.3 is 0 Å². The predicted octanol–water partition coefficient (Wildman–Crippen LogP) is 2.19. The summed E-state index contributed by atoms with van der Waals surface area (Å²) >= 11 is 0. The van der Waals surface area contributed by atoms with Crippen LogP contribution in [-0.4, -0.2) is 6.61 Å². The molecule has 1 aromatic carbocycles. The molecule has 6 nitrogen and oxygen atoms in total. The zero-order valence-corrected chi connectivity index (χ0v) is 10.6. The van der Waals surface area contributed by atoms with Gasteiger partial charge in [0, 0.05) is 5.69 Å². The highest BCUT2D eigenvalue weighted by atomic mass is 16.5. The Kier molecular flexibility index (Phi) is 5.15. The highest BCUT2D eigenvalue weighted by Gasteiger charge is 2.09. The second kappa shape index (κ2) is 7.07. The zero-order chi connectivity index (χ0) is 15.0. The largest absolute Gasteiger partial charge is 0.492 e. The Hall–Kier alpha value is -3.48. The van der Waals surface area contributed by atoms with Gasteiger partial charge in [-0.3, -0.25) is 0 Å². The van der Waals surface area contributed by atoms with Gasteiger partial charge in [-0.1, -0.05) is 0 Å². The number of nitrogens with one attached hydrogen (secondary N) is 1. The lowest BCUT2D eigenvalue weighted by Gasteiger charge is -2.08. The fourth-order valence-electron chi connectivity index (χ4n) is 1.40. The minimum Gasteiger partial charge on any atom is -0.492 e. The number of hydrogen-bond acceptors (Lipinski definition) is 6. The Morgan fingerprint density at radius 3 is 2.35 bits per heavy atom. The van der Waals surface area contributed by atoms with E-state index in [4.69, 9.17) is 25.8 Å². The van der Waals surface area contributed by atoms with E-state index in [-0.39, 0.29) is 11.3 Å². The lowest BCUT2D eigenvalue weighted by atomic mass is 10.1. The Morgan fingerprint density at radius 1 is 1.15 bits per heavy atom. The van der Waals surface area contributed by atoms with Crippen LogP contribution in [0.1, 0.15) is 12.5 Å². The summed E-state index contributed by atoms with van der Waals surface area (Å²) in [7, 11) is 0. The zero-order valence-electron chi connectivity index (χ0n) is 10.6. The highest BCUT2D eigenvalue weighted by molar-refractivity contribution is 5.62. The molecule has 0 aliphatic heterocycles. The summed E-state index contributed by atoms with van der Waals surface area (Å²) in [5.74, 6) is 0.434. The van der Waals surface area contributed by atoms with Gasteiger partial charge in [-0.05, 0) is 25.1 Å². The van der Waals surface area contributed by atoms with Gasteiger partial charge in [0.1, 0.15) is 35.7 Å². The maximum Gasteiger partial charge on any atom is 0.163 e. The Morgan fingerprint density at radius 2 is 1.85 bits per heavy atom. The first-order valence-corrected chi connectivity index (χ1v) is 5.58. The molecular weight excluding hydrogens is 254 g/mol. The van der Waals surface area contributed by atoms with Crippen LogP contribution in [0.3, 0.4) is 0 Å². The molecule has 0 heterocycles. The van der Waals surface area contributed by atoms with Crippen LogP contribution in [0.5, 0.6) is 5.75 Å². The van der Waals surface area contributed by atoms with Crippen molar-refractivity contribution in [1.82, 2.24) is 0 Å². The smallest absolute Gasteiger partial charge is 0.163 e. The van der Waals surface area contributed by atoms with Crippen LogP contribution in [0.15, 0.2) is 29.5 Å². The average Bonchev–Trinajstić information content (AvgIpc) is 2.48. The molecule has 0 saturated heterocycles. The second-order valence-corrected chi connectivity index (χ2v) is 3.47. The van der Waals surface area contributed by atoms with Crippen LogP contribution < -0.4 is 10.1 Å². The summed E-state index contributed by atoms with van der Waals surface area (Å²) in [6, 6.07) is 11.6. The summed E-state index contributed by atoms with van der Waals surface area (Å²) in [4.78, 5) is 0. The second-order valence-electron chi connectivity index (χ2n) is 3.47. The molecule has 0 saturated carbocycles.